The van der Waals surface area contributed by atoms with Crippen LogP contribution in [0.4, 0.5) is 0 Å². The van der Waals surface area contributed by atoms with Crippen LogP contribution in [0.1, 0.15) is 145 Å². The molecule has 0 bridgehead atoms. The fourth-order valence-electron chi connectivity index (χ4n) is 9.87. The molecule has 11 amide bonds. The van der Waals surface area contributed by atoms with Crippen LogP contribution in [0.5, 0.6) is 5.75 Å². The average Bonchev–Trinajstić information content (AvgIpc) is 3.89. The first-order valence-corrected chi connectivity index (χ1v) is 29.8. The highest BCUT2D eigenvalue weighted by Crippen LogP contribution is 2.22. The van der Waals surface area contributed by atoms with Gasteiger partial charge in [0.15, 0.2) is 0 Å². The van der Waals surface area contributed by atoms with Crippen molar-refractivity contribution in [3.8, 4) is 5.75 Å². The van der Waals surface area contributed by atoms with E-state index in [0.717, 1.165) is 17.7 Å². The van der Waals surface area contributed by atoms with Crippen molar-refractivity contribution < 1.29 is 73.2 Å². The van der Waals surface area contributed by atoms with Crippen LogP contribution in [0.3, 0.4) is 0 Å². The third kappa shape index (κ3) is 23.3. The third-order valence-corrected chi connectivity index (χ3v) is 15.2. The Morgan fingerprint density at radius 2 is 1.12 bits per heavy atom. The van der Waals surface area contributed by atoms with Crippen LogP contribution >= 0.6 is 0 Å². The minimum absolute atomic E-state index is 0.0353. The summed E-state index contributed by atoms with van der Waals surface area (Å²) in [6, 6.07) is -6.26. The number of unbranched alkanes of at least 4 members (excludes halogenated alkanes) is 2. The van der Waals surface area contributed by atoms with Crippen LogP contribution in [0.25, 0.3) is 0 Å². The van der Waals surface area contributed by atoms with Gasteiger partial charge in [-0.25, -0.2) is 0 Å². The van der Waals surface area contributed by atoms with Gasteiger partial charge < -0.3 is 78.5 Å². The van der Waals surface area contributed by atoms with Gasteiger partial charge >= 0.3 is 0 Å². The van der Waals surface area contributed by atoms with E-state index in [-0.39, 0.29) is 49.7 Å². The predicted octanol–water partition coefficient (Wildman–Crippen LogP) is -0.546. The van der Waals surface area contributed by atoms with Crippen molar-refractivity contribution in [2.45, 2.75) is 207 Å². The Morgan fingerprint density at radius 1 is 0.588 bits per heavy atom. The van der Waals surface area contributed by atoms with Crippen LogP contribution in [0, 0.1) is 23.7 Å². The molecule has 2 heterocycles. The number of phenols is 1. The van der Waals surface area contributed by atoms with Crippen molar-refractivity contribution in [2.75, 3.05) is 26.3 Å². The number of carbonyl (C=O) groups is 11. The largest absolute Gasteiger partial charge is 0.508 e. The average molecular weight is 1200 g/mol. The Hall–Kier alpha value is -7.19. The Balaban J connectivity index is 2.17. The van der Waals surface area contributed by atoms with Gasteiger partial charge in [-0.15, -0.1) is 0 Å². The summed E-state index contributed by atoms with van der Waals surface area (Å²) < 4.78 is 0. The molecule has 2 fully saturated rings. The molecule has 0 spiro atoms. The molecule has 0 saturated carbocycles. The summed E-state index contributed by atoms with van der Waals surface area (Å²) in [5.74, 6) is -10.7. The molecule has 12 atom stereocenters. The minimum atomic E-state index is -1.63. The SMILES string of the molecule is C/C=C1/NC(=O)[C@H](CO)NC(=O)C[C@@H](CCCCC)NC(=O)CNC(=O)[C@H](CC(C)C)NC(=O)[C@H]([C@H](C)CC)NC(=O)[C@H]([C@@H](C)CC)NC(=O)[C@@H](CC(C)C)NC(=O)[C@@H](Cc2ccc(O)cc2)NC(=O)[C@H](CCO)NC(=O)[C@@H]2C[C@@H](O)CN2C1=O. The maximum atomic E-state index is 14.6. The molecule has 0 unspecified atom stereocenters. The molecule has 0 aromatic heterocycles. The lowest BCUT2D eigenvalue weighted by atomic mass is 9.93. The van der Waals surface area contributed by atoms with Crippen LogP contribution in [-0.2, 0) is 59.2 Å². The van der Waals surface area contributed by atoms with Gasteiger partial charge in [0.2, 0.25) is 59.1 Å². The fraction of sp³-hybridized carbons (Fsp3) is 0.678. The first-order chi connectivity index (χ1) is 40.2. The van der Waals surface area contributed by atoms with Gasteiger partial charge in [0.05, 0.1) is 19.3 Å². The molecule has 0 aliphatic carbocycles. The Bertz CT molecular complexity index is 2480. The predicted molar refractivity (Wildman–Crippen MR) is 314 cm³/mol. The van der Waals surface area contributed by atoms with Crippen molar-refractivity contribution >= 4 is 65.0 Å². The molecule has 26 nitrogen and oxygen atoms in total. The number of hydrogen-bond donors (Lipinski definition) is 14. The highest BCUT2D eigenvalue weighted by molar-refractivity contribution is 6.02. The lowest BCUT2D eigenvalue weighted by molar-refractivity contribution is -0.139. The van der Waals surface area contributed by atoms with Crippen molar-refractivity contribution in [2.24, 2.45) is 23.7 Å². The lowest BCUT2D eigenvalue weighted by Gasteiger charge is -2.31. The number of nitrogens with one attached hydrogen (secondary N) is 10. The van der Waals surface area contributed by atoms with Gasteiger partial charge in [-0.3, -0.25) is 52.7 Å². The summed E-state index contributed by atoms with van der Waals surface area (Å²) in [6.07, 6.45) is 1.95. The number of nitrogens with zero attached hydrogens (tertiary/aromatic N) is 1. The fourth-order valence-corrected chi connectivity index (χ4v) is 9.87. The molecule has 1 aromatic carbocycles. The quantitative estimate of drug-likeness (QED) is 0.0688. The molecule has 2 aliphatic heterocycles. The number of aliphatic hydroxyl groups excluding tert-OH is 3. The number of benzene rings is 1. The second-order valence-electron chi connectivity index (χ2n) is 23.2. The van der Waals surface area contributed by atoms with Gasteiger partial charge in [-0.2, -0.15) is 0 Å². The maximum Gasteiger partial charge on any atom is 0.270 e. The number of phenolic OH excluding ortho intramolecular Hbond substituents is 1. The first-order valence-electron chi connectivity index (χ1n) is 29.8. The van der Waals surface area contributed by atoms with Gasteiger partial charge in [-0.1, -0.05) is 113 Å². The van der Waals surface area contributed by atoms with Crippen LogP contribution in [0.15, 0.2) is 36.0 Å². The first kappa shape index (κ1) is 72.1. The third-order valence-electron chi connectivity index (χ3n) is 15.2. The van der Waals surface area contributed by atoms with Gasteiger partial charge in [0.1, 0.15) is 59.8 Å². The number of aliphatic hydroxyl groups is 3. The van der Waals surface area contributed by atoms with E-state index in [1.807, 2.05) is 20.8 Å². The summed E-state index contributed by atoms with van der Waals surface area (Å²) in [4.78, 5) is 156. The molecule has 3 rings (SSSR count). The second kappa shape index (κ2) is 36.0. The van der Waals surface area contributed by atoms with Gasteiger partial charge in [-0.05, 0) is 74.0 Å². The number of rotatable bonds is 17. The molecule has 2 saturated heterocycles. The lowest BCUT2D eigenvalue weighted by Crippen LogP contribution is -2.62. The Morgan fingerprint density at radius 3 is 1.67 bits per heavy atom. The zero-order chi connectivity index (χ0) is 63.7. The number of allylic oxidation sites excluding steroid dienone is 1. The summed E-state index contributed by atoms with van der Waals surface area (Å²) in [6.45, 7) is 15.1. The van der Waals surface area contributed by atoms with Crippen molar-refractivity contribution in [1.82, 2.24) is 58.1 Å². The summed E-state index contributed by atoms with van der Waals surface area (Å²) in [7, 11) is 0. The van der Waals surface area contributed by atoms with Crippen molar-refractivity contribution in [3.05, 3.63) is 41.6 Å². The summed E-state index contributed by atoms with van der Waals surface area (Å²) in [5.41, 5.74) is 0.0343. The molecule has 1 aromatic rings. The number of fused-ring (bicyclic) bond motifs is 1. The molecule has 14 N–H and O–H groups in total. The van der Waals surface area contributed by atoms with E-state index in [2.05, 4.69) is 53.2 Å². The van der Waals surface area contributed by atoms with E-state index >= 15 is 0 Å². The minimum Gasteiger partial charge on any atom is -0.508 e. The maximum absolute atomic E-state index is 14.6. The normalized spacial score (nSPS) is 27.0. The van der Waals surface area contributed by atoms with Gasteiger partial charge in [0, 0.05) is 38.5 Å². The molecule has 2 aliphatic rings. The monoisotopic (exact) mass is 1200 g/mol. The zero-order valence-electron chi connectivity index (χ0n) is 51.0. The van der Waals surface area contributed by atoms with E-state index in [1.165, 1.54) is 37.3 Å². The molecule has 0 radical (unpaired) electrons. The molecule has 476 valence electrons. The Labute approximate surface area is 498 Å². The number of amides is 11. The van der Waals surface area contributed by atoms with Crippen LogP contribution < -0.4 is 53.2 Å². The second-order valence-corrected chi connectivity index (χ2v) is 23.2. The number of hydrogen-bond acceptors (Lipinski definition) is 15. The standard InChI is InChI=1S/C59H95N11O15/c1-11-15-16-17-37-27-47(75)62-45(31-72)55(81)63-40(14-4)59(85)70-30-39(74)28-46(70)56(82)64-41(22-23-71)52(78)66-44(26-36-18-20-38(73)21-19-36)53(79)65-43(25-33(7)8)54(80)68-50(35(10)13-3)58(84)69-49(34(9)12-2)57(83)67-42(24-32(5)6)51(77)60-29-48(76)61-37/h14,18-21,32-35,37,39,41-46,49-50,71-74H,11-13,15-17,22-31H2,1-10H3,(H,60,77)(H,61,76)(H,62,75)(H,63,81)(H,64,82)(H,65,79)(H,66,78)(H,67,83)(H,68,80)(H,69,84)/b40-14+/t34-,35+,37-,39-,41+,42+,43-,44-,45+,46+,49+,50+/m1/s1. The van der Waals surface area contributed by atoms with Gasteiger partial charge in [0.25, 0.3) is 5.91 Å². The zero-order valence-corrected chi connectivity index (χ0v) is 51.0. The molecule has 85 heavy (non-hydrogen) atoms. The van der Waals surface area contributed by atoms with E-state index in [1.54, 1.807) is 41.5 Å². The van der Waals surface area contributed by atoms with E-state index < -0.39 is 176 Å². The van der Waals surface area contributed by atoms with Crippen LogP contribution in [0.2, 0.25) is 0 Å². The molecular weight excluding hydrogens is 1100 g/mol. The van der Waals surface area contributed by atoms with E-state index in [4.69, 9.17) is 0 Å². The highest BCUT2D eigenvalue weighted by Gasteiger charge is 2.42. The summed E-state index contributed by atoms with van der Waals surface area (Å²) in [5, 5.41) is 67.7. The summed E-state index contributed by atoms with van der Waals surface area (Å²) >= 11 is 0. The molecule has 26 heteroatoms. The Kier molecular flexibility index (Phi) is 30.5. The van der Waals surface area contributed by atoms with Crippen molar-refractivity contribution in [3.63, 3.8) is 0 Å². The number of aromatic hydroxyl groups is 1. The van der Waals surface area contributed by atoms with E-state index in [0.29, 0.717) is 31.2 Å². The van der Waals surface area contributed by atoms with E-state index in [9.17, 15) is 73.2 Å². The van der Waals surface area contributed by atoms with Crippen LogP contribution in [-0.4, -0.2) is 177 Å². The number of carbonyl (C=O) groups excluding carboxylic acids is 11. The smallest absolute Gasteiger partial charge is 0.270 e. The van der Waals surface area contributed by atoms with Crippen molar-refractivity contribution in [1.29, 1.82) is 0 Å². The molecular formula is C59H95N11O15. The highest BCUT2D eigenvalue weighted by atomic mass is 16.3. The topological polar surface area (TPSA) is 392 Å².